The third-order valence-corrected chi connectivity index (χ3v) is 3.70. The van der Waals surface area contributed by atoms with Gasteiger partial charge in [-0.15, -0.1) is 0 Å². The van der Waals surface area contributed by atoms with Gasteiger partial charge in [0.05, 0.1) is 0 Å². The van der Waals surface area contributed by atoms with Crippen molar-refractivity contribution in [3.63, 3.8) is 0 Å². The van der Waals surface area contributed by atoms with Crippen LogP contribution in [0.1, 0.15) is 16.2 Å². The van der Waals surface area contributed by atoms with Crippen molar-refractivity contribution in [3.05, 3.63) is 76.8 Å². The normalized spacial score (nSPS) is 10.4. The molecule has 0 bridgehead atoms. The van der Waals surface area contributed by atoms with E-state index in [1.165, 1.54) is 0 Å². The molecule has 1 aromatic heterocycles. The smallest absolute Gasteiger partial charge is 0.251 e. The van der Waals surface area contributed by atoms with Crippen LogP contribution in [0.3, 0.4) is 0 Å². The van der Waals surface area contributed by atoms with Gasteiger partial charge >= 0.3 is 0 Å². The van der Waals surface area contributed by atoms with Crippen LogP contribution in [-0.4, -0.2) is 27.2 Å². The highest BCUT2D eigenvalue weighted by Crippen LogP contribution is 2.10. The second-order valence-electron chi connectivity index (χ2n) is 4.99. The number of benzene rings is 2. The maximum Gasteiger partial charge on any atom is 0.251 e. The van der Waals surface area contributed by atoms with E-state index in [1.807, 2.05) is 53.1 Å². The molecule has 0 aliphatic rings. The fraction of sp³-hybridized carbons (Fsp3) is 0.118. The summed E-state index contributed by atoms with van der Waals surface area (Å²) in [6, 6.07) is 18.9. The lowest BCUT2D eigenvalue weighted by molar-refractivity contribution is 0.0954. The summed E-state index contributed by atoms with van der Waals surface area (Å²) in [5, 5.41) is 9.96. The summed E-state index contributed by atoms with van der Waals surface area (Å²) in [7, 11) is 0. The lowest BCUT2D eigenvalue weighted by Gasteiger charge is -2.08. The van der Waals surface area contributed by atoms with E-state index in [-0.39, 0.29) is 5.91 Å². The molecule has 3 aromatic rings. The fourth-order valence-electron chi connectivity index (χ4n) is 2.32. The van der Waals surface area contributed by atoms with Gasteiger partial charge in [0.2, 0.25) is 0 Å². The van der Waals surface area contributed by atoms with Crippen molar-refractivity contribution < 1.29 is 4.79 Å². The number of rotatable bonds is 5. The second kappa shape index (κ2) is 7.02. The molecule has 1 heterocycles. The van der Waals surface area contributed by atoms with E-state index >= 15 is 0 Å². The van der Waals surface area contributed by atoms with Crippen molar-refractivity contribution in [1.29, 1.82) is 0 Å². The Morgan fingerprint density at radius 1 is 1.09 bits per heavy atom. The minimum atomic E-state index is -0.0917. The minimum absolute atomic E-state index is 0.0917. The van der Waals surface area contributed by atoms with E-state index in [1.54, 1.807) is 12.1 Å². The maximum absolute atomic E-state index is 12.0. The van der Waals surface area contributed by atoms with Crippen molar-refractivity contribution in [3.8, 4) is 5.69 Å². The Kier molecular flexibility index (Phi) is 4.63. The molecule has 0 radical (unpaired) electrons. The first-order valence-electron chi connectivity index (χ1n) is 7.30. The number of nitrogens with one attached hydrogen (secondary N) is 2. The molecule has 0 saturated carbocycles. The van der Waals surface area contributed by atoms with Crippen molar-refractivity contribution in [2.45, 2.75) is 6.42 Å². The van der Waals surface area contributed by atoms with E-state index in [9.17, 15) is 4.79 Å². The van der Waals surface area contributed by atoms with Crippen molar-refractivity contribution in [2.75, 3.05) is 6.54 Å². The molecule has 0 spiro atoms. The van der Waals surface area contributed by atoms with Gasteiger partial charge in [-0.1, -0.05) is 36.4 Å². The van der Waals surface area contributed by atoms with Crippen molar-refractivity contribution >= 4 is 18.1 Å². The van der Waals surface area contributed by atoms with E-state index in [0.717, 1.165) is 11.5 Å². The summed E-state index contributed by atoms with van der Waals surface area (Å²) in [6.07, 6.45) is 0.584. The third-order valence-electron chi connectivity index (χ3n) is 3.43. The number of hydrogen-bond acceptors (Lipinski definition) is 3. The molecule has 2 N–H and O–H groups in total. The number of para-hydroxylation sites is 1. The van der Waals surface area contributed by atoms with Gasteiger partial charge < -0.3 is 5.32 Å². The van der Waals surface area contributed by atoms with Crippen LogP contribution in [0.25, 0.3) is 5.69 Å². The van der Waals surface area contributed by atoms with Gasteiger partial charge in [-0.2, -0.15) is 5.10 Å². The Hall–Kier alpha value is -2.73. The summed E-state index contributed by atoms with van der Waals surface area (Å²) in [6.45, 7) is 0.486. The highest BCUT2D eigenvalue weighted by Gasteiger charge is 2.09. The van der Waals surface area contributed by atoms with Crippen LogP contribution in [0.5, 0.6) is 0 Å². The first-order chi connectivity index (χ1) is 11.3. The van der Waals surface area contributed by atoms with Gasteiger partial charge in [0.1, 0.15) is 5.82 Å². The number of H-pyrrole nitrogens is 1. The average Bonchev–Trinajstić information content (AvgIpc) is 2.97. The first-order valence-corrected chi connectivity index (χ1v) is 7.71. The van der Waals surface area contributed by atoms with Crippen LogP contribution in [0.2, 0.25) is 0 Å². The molecule has 6 heteroatoms. The minimum Gasteiger partial charge on any atom is -0.352 e. The van der Waals surface area contributed by atoms with E-state index < -0.39 is 0 Å². The molecule has 0 saturated heterocycles. The Bertz CT molecular complexity index is 840. The molecular formula is C17H16N4OS. The largest absolute Gasteiger partial charge is 0.352 e. The SMILES string of the molecule is O=C(NCCc1n[nH]c(=S)n1-c1ccccc1)c1ccccc1. The molecule has 0 atom stereocenters. The number of carbonyl (C=O) groups is 1. The number of hydrogen-bond donors (Lipinski definition) is 2. The van der Waals surface area contributed by atoms with Crippen LogP contribution in [-0.2, 0) is 6.42 Å². The molecule has 3 rings (SSSR count). The van der Waals surface area contributed by atoms with E-state index in [0.29, 0.717) is 23.3 Å². The van der Waals surface area contributed by atoms with Gasteiger partial charge in [-0.25, -0.2) is 0 Å². The third kappa shape index (κ3) is 3.54. The summed E-state index contributed by atoms with van der Waals surface area (Å²) in [5.41, 5.74) is 1.60. The molecule has 0 unspecified atom stereocenters. The number of amides is 1. The van der Waals surface area contributed by atoms with Crippen molar-refractivity contribution in [1.82, 2.24) is 20.1 Å². The Morgan fingerprint density at radius 3 is 2.43 bits per heavy atom. The molecule has 5 nitrogen and oxygen atoms in total. The van der Waals surface area contributed by atoms with Gasteiger partial charge in [0, 0.05) is 24.2 Å². The van der Waals surface area contributed by atoms with Crippen LogP contribution in [0, 0.1) is 4.77 Å². The molecule has 0 aliphatic carbocycles. The molecule has 0 fully saturated rings. The lowest BCUT2D eigenvalue weighted by Crippen LogP contribution is -2.26. The van der Waals surface area contributed by atoms with Gasteiger partial charge in [0.15, 0.2) is 4.77 Å². The maximum atomic E-state index is 12.0. The summed E-state index contributed by atoms with van der Waals surface area (Å²) < 4.78 is 2.42. The van der Waals surface area contributed by atoms with Gasteiger partial charge in [-0.05, 0) is 36.5 Å². The van der Waals surface area contributed by atoms with Crippen LogP contribution < -0.4 is 5.32 Å². The second-order valence-corrected chi connectivity index (χ2v) is 5.37. The molecule has 1 amide bonds. The zero-order valence-electron chi connectivity index (χ0n) is 12.4. The molecule has 23 heavy (non-hydrogen) atoms. The fourth-order valence-corrected chi connectivity index (χ4v) is 2.58. The summed E-state index contributed by atoms with van der Waals surface area (Å²) in [4.78, 5) is 12.0. The van der Waals surface area contributed by atoms with E-state index in [4.69, 9.17) is 12.2 Å². The number of aromatic amines is 1. The monoisotopic (exact) mass is 324 g/mol. The summed E-state index contributed by atoms with van der Waals surface area (Å²) in [5.74, 6) is 0.695. The lowest BCUT2D eigenvalue weighted by atomic mass is 10.2. The molecule has 2 aromatic carbocycles. The van der Waals surface area contributed by atoms with Crippen LogP contribution in [0.4, 0.5) is 0 Å². The topological polar surface area (TPSA) is 62.7 Å². The van der Waals surface area contributed by atoms with Gasteiger partial charge in [0.25, 0.3) is 5.91 Å². The number of carbonyl (C=O) groups excluding carboxylic acids is 1. The first kappa shape index (κ1) is 15.2. The number of nitrogens with zero attached hydrogens (tertiary/aromatic N) is 2. The molecule has 116 valence electrons. The Labute approximate surface area is 139 Å². The average molecular weight is 324 g/mol. The predicted octanol–water partition coefficient (Wildman–Crippen LogP) is 2.90. The standard InChI is InChI=1S/C17H16N4OS/c22-16(13-7-3-1-4-8-13)18-12-11-15-19-20-17(23)21(15)14-9-5-2-6-10-14/h1-10H,11-12H2,(H,18,22)(H,20,23). The number of aromatic nitrogens is 3. The van der Waals surface area contributed by atoms with Crippen LogP contribution >= 0.6 is 12.2 Å². The Morgan fingerprint density at radius 2 is 1.74 bits per heavy atom. The molecular weight excluding hydrogens is 308 g/mol. The zero-order valence-corrected chi connectivity index (χ0v) is 13.2. The zero-order chi connectivity index (χ0) is 16.1. The quantitative estimate of drug-likeness (QED) is 0.709. The predicted molar refractivity (Wildman–Crippen MR) is 91.2 cm³/mol. The highest BCUT2D eigenvalue weighted by atomic mass is 32.1. The van der Waals surface area contributed by atoms with Crippen LogP contribution in [0.15, 0.2) is 60.7 Å². The molecule has 0 aliphatic heterocycles. The van der Waals surface area contributed by atoms with Crippen molar-refractivity contribution in [2.24, 2.45) is 0 Å². The summed E-state index contributed by atoms with van der Waals surface area (Å²) >= 11 is 5.29. The Balaban J connectivity index is 1.68. The van der Waals surface area contributed by atoms with E-state index in [2.05, 4.69) is 15.5 Å². The highest BCUT2D eigenvalue weighted by molar-refractivity contribution is 7.71. The van der Waals surface area contributed by atoms with Gasteiger partial charge in [-0.3, -0.25) is 14.5 Å².